The van der Waals surface area contributed by atoms with E-state index in [9.17, 15) is 9.59 Å². The number of hydrogen-bond acceptors (Lipinski definition) is 3. The van der Waals surface area contributed by atoms with Crippen molar-refractivity contribution in [3.05, 3.63) is 29.6 Å². The van der Waals surface area contributed by atoms with Gasteiger partial charge in [-0.15, -0.1) is 0 Å². The third-order valence-corrected chi connectivity index (χ3v) is 3.25. The third-order valence-electron chi connectivity index (χ3n) is 3.25. The standard InChI is InChI=1S/C13H16N2O3/c1-2-9-5-6-14-10(8-9)12(16)15-7-3-4-11(15)13(17)18/h5-6,8,11H,2-4,7H2,1H3,(H,17,18)/t11-/m0/s1. The number of aliphatic carboxylic acids is 1. The van der Waals surface area contributed by atoms with Crippen LogP contribution in [0.2, 0.25) is 0 Å². The fourth-order valence-corrected chi connectivity index (χ4v) is 2.22. The van der Waals surface area contributed by atoms with E-state index < -0.39 is 12.0 Å². The average Bonchev–Trinajstić information content (AvgIpc) is 2.87. The molecule has 0 unspecified atom stereocenters. The summed E-state index contributed by atoms with van der Waals surface area (Å²) < 4.78 is 0. The Morgan fingerprint density at radius 3 is 3.00 bits per heavy atom. The van der Waals surface area contributed by atoms with Crippen LogP contribution in [0.1, 0.15) is 35.8 Å². The molecule has 1 N–H and O–H groups in total. The van der Waals surface area contributed by atoms with Gasteiger partial charge in [0.1, 0.15) is 11.7 Å². The van der Waals surface area contributed by atoms with Crippen LogP contribution in [0.25, 0.3) is 0 Å². The van der Waals surface area contributed by atoms with Crippen molar-refractivity contribution in [2.24, 2.45) is 0 Å². The number of carboxylic acid groups (broad SMARTS) is 1. The molecule has 1 atom stereocenters. The van der Waals surface area contributed by atoms with E-state index in [1.54, 1.807) is 12.3 Å². The number of carbonyl (C=O) groups is 2. The van der Waals surface area contributed by atoms with Gasteiger partial charge in [0.15, 0.2) is 0 Å². The number of rotatable bonds is 3. The Balaban J connectivity index is 2.22. The van der Waals surface area contributed by atoms with Gasteiger partial charge >= 0.3 is 5.97 Å². The molecule has 0 bridgehead atoms. The van der Waals surface area contributed by atoms with E-state index in [0.29, 0.717) is 18.7 Å². The minimum atomic E-state index is -0.938. The Labute approximate surface area is 105 Å². The average molecular weight is 248 g/mol. The second-order valence-corrected chi connectivity index (χ2v) is 4.40. The van der Waals surface area contributed by atoms with Crippen LogP contribution in [0, 0.1) is 0 Å². The van der Waals surface area contributed by atoms with E-state index in [2.05, 4.69) is 4.98 Å². The zero-order chi connectivity index (χ0) is 13.1. The van der Waals surface area contributed by atoms with Crippen LogP contribution < -0.4 is 0 Å². The zero-order valence-corrected chi connectivity index (χ0v) is 10.3. The van der Waals surface area contributed by atoms with Gasteiger partial charge in [-0.05, 0) is 37.0 Å². The molecule has 1 amide bonds. The minimum absolute atomic E-state index is 0.282. The van der Waals surface area contributed by atoms with Gasteiger partial charge in [0, 0.05) is 12.7 Å². The summed E-state index contributed by atoms with van der Waals surface area (Å²) in [5.41, 5.74) is 1.36. The number of pyridine rings is 1. The van der Waals surface area contributed by atoms with E-state index in [4.69, 9.17) is 5.11 Å². The largest absolute Gasteiger partial charge is 0.480 e. The van der Waals surface area contributed by atoms with Crippen molar-refractivity contribution in [3.63, 3.8) is 0 Å². The van der Waals surface area contributed by atoms with E-state index in [0.717, 1.165) is 18.4 Å². The molecule has 2 rings (SSSR count). The van der Waals surface area contributed by atoms with Gasteiger partial charge in [-0.25, -0.2) is 4.79 Å². The quantitative estimate of drug-likeness (QED) is 0.876. The highest BCUT2D eigenvalue weighted by Gasteiger charge is 2.34. The van der Waals surface area contributed by atoms with E-state index in [1.807, 2.05) is 13.0 Å². The molecule has 5 heteroatoms. The summed E-state index contributed by atoms with van der Waals surface area (Å²) in [5, 5.41) is 9.07. The molecule has 96 valence electrons. The fraction of sp³-hybridized carbons (Fsp3) is 0.462. The maximum atomic E-state index is 12.2. The van der Waals surface area contributed by atoms with Crippen molar-refractivity contribution < 1.29 is 14.7 Å². The Hall–Kier alpha value is -1.91. The van der Waals surface area contributed by atoms with Gasteiger partial charge in [0.05, 0.1) is 0 Å². The molecule has 1 aliphatic rings. The van der Waals surface area contributed by atoms with Gasteiger partial charge in [0.25, 0.3) is 5.91 Å². The normalized spacial score (nSPS) is 18.9. The summed E-state index contributed by atoms with van der Waals surface area (Å²) in [5.74, 6) is -1.22. The van der Waals surface area contributed by atoms with Crippen molar-refractivity contribution in [1.82, 2.24) is 9.88 Å². The zero-order valence-electron chi connectivity index (χ0n) is 10.3. The van der Waals surface area contributed by atoms with Gasteiger partial charge < -0.3 is 10.0 Å². The highest BCUT2D eigenvalue weighted by molar-refractivity contribution is 5.95. The number of hydrogen-bond donors (Lipinski definition) is 1. The Morgan fingerprint density at radius 2 is 2.33 bits per heavy atom. The molecule has 0 radical (unpaired) electrons. The molecule has 1 aliphatic heterocycles. The first kappa shape index (κ1) is 12.5. The molecule has 1 fully saturated rings. The van der Waals surface area contributed by atoms with Gasteiger partial charge in [0.2, 0.25) is 0 Å². The van der Waals surface area contributed by atoms with Crippen LogP contribution in [0.3, 0.4) is 0 Å². The van der Waals surface area contributed by atoms with Crippen molar-refractivity contribution >= 4 is 11.9 Å². The predicted molar refractivity (Wildman–Crippen MR) is 65.3 cm³/mol. The smallest absolute Gasteiger partial charge is 0.326 e. The molecule has 1 aromatic heterocycles. The number of aromatic nitrogens is 1. The van der Waals surface area contributed by atoms with Gasteiger partial charge in [-0.1, -0.05) is 6.92 Å². The molecule has 0 aromatic carbocycles. The maximum absolute atomic E-state index is 12.2. The molecule has 1 aromatic rings. The highest BCUT2D eigenvalue weighted by atomic mass is 16.4. The first-order chi connectivity index (χ1) is 8.63. The number of nitrogens with zero attached hydrogens (tertiary/aromatic N) is 2. The monoisotopic (exact) mass is 248 g/mol. The maximum Gasteiger partial charge on any atom is 0.326 e. The molecule has 0 saturated carbocycles. The summed E-state index contributed by atoms with van der Waals surface area (Å²) in [7, 11) is 0. The van der Waals surface area contributed by atoms with Crippen LogP contribution in [0.15, 0.2) is 18.3 Å². The lowest BCUT2D eigenvalue weighted by Crippen LogP contribution is -2.40. The second kappa shape index (κ2) is 5.16. The second-order valence-electron chi connectivity index (χ2n) is 4.40. The Morgan fingerprint density at radius 1 is 1.56 bits per heavy atom. The minimum Gasteiger partial charge on any atom is -0.480 e. The van der Waals surface area contributed by atoms with Crippen LogP contribution in [-0.4, -0.2) is 39.5 Å². The molecular weight excluding hydrogens is 232 g/mol. The summed E-state index contributed by atoms with van der Waals surface area (Å²) >= 11 is 0. The Bertz CT molecular complexity index is 473. The van der Waals surface area contributed by atoms with E-state index in [-0.39, 0.29) is 5.91 Å². The number of likely N-dealkylation sites (tertiary alicyclic amines) is 1. The summed E-state index contributed by atoms with van der Waals surface area (Å²) in [4.78, 5) is 28.7. The first-order valence-electron chi connectivity index (χ1n) is 6.12. The molecule has 18 heavy (non-hydrogen) atoms. The lowest BCUT2D eigenvalue weighted by molar-refractivity contribution is -0.141. The molecule has 2 heterocycles. The number of carboxylic acids is 1. The van der Waals surface area contributed by atoms with Crippen LogP contribution in [0.4, 0.5) is 0 Å². The highest BCUT2D eigenvalue weighted by Crippen LogP contribution is 2.20. The molecule has 1 saturated heterocycles. The number of carbonyl (C=O) groups excluding carboxylic acids is 1. The third kappa shape index (κ3) is 2.34. The topological polar surface area (TPSA) is 70.5 Å². The fourth-order valence-electron chi connectivity index (χ4n) is 2.22. The summed E-state index contributed by atoms with van der Waals surface area (Å²) in [6.45, 7) is 2.49. The van der Waals surface area contributed by atoms with Gasteiger partial charge in [-0.3, -0.25) is 9.78 Å². The SMILES string of the molecule is CCc1ccnc(C(=O)N2CCC[C@H]2C(=O)O)c1. The van der Waals surface area contributed by atoms with Crippen LogP contribution in [-0.2, 0) is 11.2 Å². The summed E-state index contributed by atoms with van der Waals surface area (Å²) in [6.07, 6.45) is 3.67. The predicted octanol–water partition coefficient (Wildman–Crippen LogP) is 1.33. The molecule has 5 nitrogen and oxygen atoms in total. The molecule has 0 spiro atoms. The van der Waals surface area contributed by atoms with Crippen LogP contribution >= 0.6 is 0 Å². The van der Waals surface area contributed by atoms with Crippen molar-refractivity contribution in [1.29, 1.82) is 0 Å². The van der Waals surface area contributed by atoms with Gasteiger partial charge in [-0.2, -0.15) is 0 Å². The number of aryl methyl sites for hydroxylation is 1. The number of amides is 1. The van der Waals surface area contributed by atoms with Crippen molar-refractivity contribution in [3.8, 4) is 0 Å². The first-order valence-corrected chi connectivity index (χ1v) is 6.12. The Kier molecular flexibility index (Phi) is 3.60. The summed E-state index contributed by atoms with van der Waals surface area (Å²) in [6, 6.07) is 2.89. The van der Waals surface area contributed by atoms with Crippen molar-refractivity contribution in [2.45, 2.75) is 32.2 Å². The molecule has 0 aliphatic carbocycles. The molecular formula is C13H16N2O3. The van der Waals surface area contributed by atoms with Crippen molar-refractivity contribution in [2.75, 3.05) is 6.54 Å². The van der Waals surface area contributed by atoms with Crippen LogP contribution in [0.5, 0.6) is 0 Å². The van der Waals surface area contributed by atoms with E-state index in [1.165, 1.54) is 4.90 Å². The lowest BCUT2D eigenvalue weighted by atomic mass is 10.1. The lowest BCUT2D eigenvalue weighted by Gasteiger charge is -2.21. The van der Waals surface area contributed by atoms with E-state index >= 15 is 0 Å².